The Morgan fingerprint density at radius 3 is 2.87 bits per heavy atom. The van der Waals surface area contributed by atoms with Crippen LogP contribution in [-0.2, 0) is 7.05 Å². The fourth-order valence-corrected chi connectivity index (χ4v) is 2.01. The van der Waals surface area contributed by atoms with Crippen LogP contribution in [-0.4, -0.2) is 14.5 Å². The maximum absolute atomic E-state index is 4.55. The van der Waals surface area contributed by atoms with Crippen LogP contribution >= 0.6 is 0 Å². The van der Waals surface area contributed by atoms with Gasteiger partial charge < -0.3 is 4.57 Å². The quantitative estimate of drug-likeness (QED) is 0.554. The zero-order valence-corrected chi connectivity index (χ0v) is 8.73. The van der Waals surface area contributed by atoms with Gasteiger partial charge in [-0.3, -0.25) is 4.98 Å². The molecule has 0 saturated carbocycles. The van der Waals surface area contributed by atoms with Gasteiger partial charge >= 0.3 is 0 Å². The summed E-state index contributed by atoms with van der Waals surface area (Å²) in [6.07, 6.45) is 3.71. The third kappa shape index (κ3) is 1.06. The molecule has 0 aliphatic heterocycles. The number of fused-ring (bicyclic) bond motifs is 3. The van der Waals surface area contributed by atoms with E-state index < -0.39 is 0 Å². The molecule has 74 valence electrons. The lowest BCUT2D eigenvalue weighted by molar-refractivity contribution is 0.981. The summed E-state index contributed by atoms with van der Waals surface area (Å²) in [5.74, 6) is 0. The van der Waals surface area contributed by atoms with Crippen LogP contribution in [0.5, 0.6) is 0 Å². The summed E-state index contributed by atoms with van der Waals surface area (Å²) < 4.78 is 2.11. The fraction of sp³-hybridized carbons (Fsp3) is 0.167. The highest BCUT2D eigenvalue weighted by molar-refractivity contribution is 6.06. The predicted octanol–water partition coefficient (Wildman–Crippen LogP) is 2.43. The molecule has 3 aromatic heterocycles. The molecule has 3 aromatic rings. The monoisotopic (exact) mass is 197 g/mol. The summed E-state index contributed by atoms with van der Waals surface area (Å²) in [6, 6.07) is 6.17. The summed E-state index contributed by atoms with van der Waals surface area (Å²) in [5, 5.41) is 2.34. The first-order valence-corrected chi connectivity index (χ1v) is 4.93. The lowest BCUT2D eigenvalue weighted by Crippen LogP contribution is -1.90. The highest BCUT2D eigenvalue weighted by Crippen LogP contribution is 2.25. The molecule has 0 N–H and O–H groups in total. The van der Waals surface area contributed by atoms with Crippen LogP contribution in [0.1, 0.15) is 5.69 Å². The van der Waals surface area contributed by atoms with Gasteiger partial charge in [0.2, 0.25) is 0 Å². The molecule has 0 saturated heterocycles. The van der Waals surface area contributed by atoms with Crippen molar-refractivity contribution in [2.45, 2.75) is 6.92 Å². The highest BCUT2D eigenvalue weighted by atomic mass is 15.0. The molecule has 0 radical (unpaired) electrons. The van der Waals surface area contributed by atoms with Crippen LogP contribution < -0.4 is 0 Å². The van der Waals surface area contributed by atoms with E-state index in [1.165, 1.54) is 16.3 Å². The van der Waals surface area contributed by atoms with Gasteiger partial charge in [-0.2, -0.15) is 0 Å². The summed E-state index contributed by atoms with van der Waals surface area (Å²) in [5.41, 5.74) is 3.25. The van der Waals surface area contributed by atoms with E-state index in [1.807, 2.05) is 38.5 Å². The molecule has 3 heteroatoms. The Labute approximate surface area is 87.4 Å². The Kier molecular flexibility index (Phi) is 1.57. The maximum Gasteiger partial charge on any atom is 0.141 e. The Hall–Kier alpha value is -1.90. The van der Waals surface area contributed by atoms with Crippen LogP contribution in [0.15, 0.2) is 30.6 Å². The standard InChI is InChI=1S/C12H11N3/c1-8-3-4-9-10-7-13-6-5-11(10)15(2)12(9)14-8/h3-7H,1-2H3. The second-order valence-electron chi connectivity index (χ2n) is 3.78. The van der Waals surface area contributed by atoms with Crippen LogP contribution in [0.3, 0.4) is 0 Å². The molecule has 3 heterocycles. The number of pyridine rings is 2. The third-order valence-electron chi connectivity index (χ3n) is 2.78. The van der Waals surface area contributed by atoms with Crippen LogP contribution in [0.2, 0.25) is 0 Å². The summed E-state index contributed by atoms with van der Waals surface area (Å²) >= 11 is 0. The predicted molar refractivity (Wildman–Crippen MR) is 60.8 cm³/mol. The summed E-state index contributed by atoms with van der Waals surface area (Å²) in [7, 11) is 2.04. The van der Waals surface area contributed by atoms with E-state index in [0.717, 1.165) is 11.3 Å². The van der Waals surface area contributed by atoms with Gasteiger partial charge in [0.05, 0.1) is 5.52 Å². The molecule has 15 heavy (non-hydrogen) atoms. The second-order valence-corrected chi connectivity index (χ2v) is 3.78. The molecule has 0 amide bonds. The van der Waals surface area contributed by atoms with Gasteiger partial charge in [0, 0.05) is 35.9 Å². The minimum Gasteiger partial charge on any atom is -0.328 e. The third-order valence-corrected chi connectivity index (χ3v) is 2.78. The molecule has 0 aliphatic rings. The van der Waals surface area contributed by atoms with Crippen molar-refractivity contribution in [3.8, 4) is 0 Å². The zero-order valence-electron chi connectivity index (χ0n) is 8.73. The Bertz CT molecular complexity index is 652. The van der Waals surface area contributed by atoms with E-state index in [1.54, 1.807) is 0 Å². The SMILES string of the molecule is Cc1ccc2c3cnccc3n(C)c2n1. The number of aromatic nitrogens is 3. The second kappa shape index (κ2) is 2.79. The van der Waals surface area contributed by atoms with Gasteiger partial charge in [0.25, 0.3) is 0 Å². The van der Waals surface area contributed by atoms with Gasteiger partial charge in [-0.15, -0.1) is 0 Å². The molecule has 0 fully saturated rings. The molecule has 0 aliphatic carbocycles. The molecular formula is C12H11N3. The van der Waals surface area contributed by atoms with Gasteiger partial charge in [0.1, 0.15) is 5.65 Å². The molecule has 0 spiro atoms. The first-order chi connectivity index (χ1) is 7.27. The number of hydrogen-bond acceptors (Lipinski definition) is 2. The van der Waals surface area contributed by atoms with Crippen LogP contribution in [0.4, 0.5) is 0 Å². The van der Waals surface area contributed by atoms with E-state index in [9.17, 15) is 0 Å². The Morgan fingerprint density at radius 1 is 1.13 bits per heavy atom. The van der Waals surface area contributed by atoms with Crippen molar-refractivity contribution in [2.24, 2.45) is 7.05 Å². The highest BCUT2D eigenvalue weighted by Gasteiger charge is 2.08. The van der Waals surface area contributed by atoms with Crippen molar-refractivity contribution in [3.05, 3.63) is 36.3 Å². The van der Waals surface area contributed by atoms with Crippen molar-refractivity contribution in [1.82, 2.24) is 14.5 Å². The lowest BCUT2D eigenvalue weighted by atomic mass is 10.2. The first kappa shape index (κ1) is 8.41. The van der Waals surface area contributed by atoms with Gasteiger partial charge in [-0.25, -0.2) is 4.98 Å². The lowest BCUT2D eigenvalue weighted by Gasteiger charge is -1.96. The normalized spacial score (nSPS) is 11.3. The smallest absolute Gasteiger partial charge is 0.141 e. The Balaban J connectivity index is 2.63. The average molecular weight is 197 g/mol. The maximum atomic E-state index is 4.55. The Morgan fingerprint density at radius 2 is 2.00 bits per heavy atom. The van der Waals surface area contributed by atoms with Crippen molar-refractivity contribution < 1.29 is 0 Å². The van der Waals surface area contributed by atoms with E-state index in [-0.39, 0.29) is 0 Å². The number of hydrogen-bond donors (Lipinski definition) is 0. The van der Waals surface area contributed by atoms with Crippen LogP contribution in [0, 0.1) is 6.92 Å². The van der Waals surface area contributed by atoms with E-state index in [0.29, 0.717) is 0 Å². The molecule has 0 aromatic carbocycles. The van der Waals surface area contributed by atoms with Gasteiger partial charge in [-0.05, 0) is 25.1 Å². The van der Waals surface area contributed by atoms with E-state index >= 15 is 0 Å². The largest absolute Gasteiger partial charge is 0.328 e. The zero-order chi connectivity index (χ0) is 10.4. The number of rotatable bonds is 0. The number of aryl methyl sites for hydroxylation is 2. The van der Waals surface area contributed by atoms with E-state index in [2.05, 4.69) is 20.6 Å². The van der Waals surface area contributed by atoms with Crippen molar-refractivity contribution in [1.29, 1.82) is 0 Å². The van der Waals surface area contributed by atoms with Crippen molar-refractivity contribution >= 4 is 21.9 Å². The summed E-state index contributed by atoms with van der Waals surface area (Å²) in [4.78, 5) is 8.71. The molecule has 0 unspecified atom stereocenters. The molecule has 3 rings (SSSR count). The average Bonchev–Trinajstić information content (AvgIpc) is 2.54. The van der Waals surface area contributed by atoms with Crippen LogP contribution in [0.25, 0.3) is 21.9 Å². The number of nitrogens with zero attached hydrogens (tertiary/aromatic N) is 3. The summed E-state index contributed by atoms with van der Waals surface area (Å²) in [6.45, 7) is 2.01. The topological polar surface area (TPSA) is 30.7 Å². The van der Waals surface area contributed by atoms with E-state index in [4.69, 9.17) is 0 Å². The van der Waals surface area contributed by atoms with Gasteiger partial charge in [-0.1, -0.05) is 0 Å². The minimum atomic E-state index is 1.03. The molecular weight excluding hydrogens is 186 g/mol. The van der Waals surface area contributed by atoms with Gasteiger partial charge in [0.15, 0.2) is 0 Å². The van der Waals surface area contributed by atoms with Crippen molar-refractivity contribution in [2.75, 3.05) is 0 Å². The molecule has 0 bridgehead atoms. The minimum absolute atomic E-state index is 1.03. The molecule has 3 nitrogen and oxygen atoms in total. The first-order valence-electron chi connectivity index (χ1n) is 4.93. The van der Waals surface area contributed by atoms with Crippen molar-refractivity contribution in [3.63, 3.8) is 0 Å². The fourth-order valence-electron chi connectivity index (χ4n) is 2.01. The molecule has 0 atom stereocenters.